The summed E-state index contributed by atoms with van der Waals surface area (Å²) in [5, 5.41) is 3.54. The lowest BCUT2D eigenvalue weighted by Crippen LogP contribution is -2.37. The second-order valence-corrected chi connectivity index (χ2v) is 9.76. The Labute approximate surface area is 231 Å². The van der Waals surface area contributed by atoms with Gasteiger partial charge >= 0.3 is 0 Å². The topological polar surface area (TPSA) is 80.4 Å². The molecule has 0 aliphatic carbocycles. The number of halogens is 1. The molecule has 0 radical (unpaired) electrons. The van der Waals surface area contributed by atoms with Crippen molar-refractivity contribution in [3.63, 3.8) is 0 Å². The molecular weight excluding hydrogens is 512 g/mol. The minimum Gasteiger partial charge on any atom is -0.467 e. The van der Waals surface area contributed by atoms with E-state index in [9.17, 15) is 9.59 Å². The van der Waals surface area contributed by atoms with Crippen LogP contribution in [0.1, 0.15) is 27.2 Å². The summed E-state index contributed by atoms with van der Waals surface area (Å²) >= 11 is 6.07. The van der Waals surface area contributed by atoms with Gasteiger partial charge in [-0.15, -0.1) is 0 Å². The Morgan fingerprint density at radius 1 is 0.949 bits per heavy atom. The molecule has 0 saturated heterocycles. The first-order valence-corrected chi connectivity index (χ1v) is 12.8. The van der Waals surface area contributed by atoms with E-state index in [1.807, 2.05) is 73.1 Å². The highest BCUT2D eigenvalue weighted by Crippen LogP contribution is 2.26. The van der Waals surface area contributed by atoms with Crippen molar-refractivity contribution in [2.75, 3.05) is 11.9 Å². The van der Waals surface area contributed by atoms with Crippen LogP contribution in [0.25, 0.3) is 16.9 Å². The molecule has 0 aliphatic rings. The van der Waals surface area contributed by atoms with E-state index in [-0.39, 0.29) is 24.9 Å². The maximum atomic E-state index is 13.4. The normalized spacial score (nSPS) is 10.8. The fourth-order valence-corrected chi connectivity index (χ4v) is 4.34. The summed E-state index contributed by atoms with van der Waals surface area (Å²) in [7, 11) is 0. The fourth-order valence-electron chi connectivity index (χ4n) is 4.21. The van der Waals surface area contributed by atoms with Crippen LogP contribution >= 0.6 is 11.6 Å². The Balaban J connectivity index is 1.43. The number of nitrogens with zero attached hydrogens (tertiary/aromatic N) is 3. The zero-order valence-corrected chi connectivity index (χ0v) is 22.4. The minimum atomic E-state index is -0.385. The van der Waals surface area contributed by atoms with Crippen molar-refractivity contribution in [2.24, 2.45) is 0 Å². The summed E-state index contributed by atoms with van der Waals surface area (Å²) in [6.07, 6.45) is 3.41. The standard InChI is InChI=1S/C31H27ClN4O3/c1-21-8-10-24(11-9-21)30(38)35(18-27-7-4-16-39-27)20-29(37)34-31-33-28(23-12-14-25(32)15-13-23)19-36(31)26-6-3-5-22(2)17-26/h3-17,19H,18,20H2,1-2H3,(H,33,34,37). The fraction of sp³-hybridized carbons (Fsp3) is 0.129. The lowest BCUT2D eigenvalue weighted by atomic mass is 10.1. The van der Waals surface area contributed by atoms with E-state index in [0.29, 0.717) is 28.0 Å². The summed E-state index contributed by atoms with van der Waals surface area (Å²) in [4.78, 5) is 32.9. The molecule has 2 aromatic heterocycles. The zero-order valence-electron chi connectivity index (χ0n) is 21.6. The molecule has 2 amide bonds. The predicted octanol–water partition coefficient (Wildman–Crippen LogP) is 6.68. The van der Waals surface area contributed by atoms with Gasteiger partial charge < -0.3 is 9.32 Å². The van der Waals surface area contributed by atoms with Crippen LogP contribution in [-0.4, -0.2) is 32.8 Å². The predicted molar refractivity (Wildman–Crippen MR) is 152 cm³/mol. The number of imidazole rings is 1. The van der Waals surface area contributed by atoms with Crippen molar-refractivity contribution in [1.82, 2.24) is 14.5 Å². The Kier molecular flexibility index (Phi) is 7.61. The van der Waals surface area contributed by atoms with Crippen molar-refractivity contribution < 1.29 is 14.0 Å². The molecule has 5 rings (SSSR count). The van der Waals surface area contributed by atoms with Crippen LogP contribution in [-0.2, 0) is 11.3 Å². The molecule has 0 saturated carbocycles. The van der Waals surface area contributed by atoms with Crippen LogP contribution in [0, 0.1) is 13.8 Å². The maximum absolute atomic E-state index is 13.4. The van der Waals surface area contributed by atoms with E-state index < -0.39 is 0 Å². The molecule has 196 valence electrons. The number of aryl methyl sites for hydroxylation is 2. The number of hydrogen-bond acceptors (Lipinski definition) is 4. The van der Waals surface area contributed by atoms with Gasteiger partial charge in [0.15, 0.2) is 0 Å². The molecule has 0 fully saturated rings. The Morgan fingerprint density at radius 2 is 1.72 bits per heavy atom. The van der Waals surface area contributed by atoms with Gasteiger partial charge in [0, 0.05) is 28.0 Å². The van der Waals surface area contributed by atoms with Gasteiger partial charge in [0.1, 0.15) is 12.3 Å². The summed E-state index contributed by atoms with van der Waals surface area (Å²) in [6.45, 7) is 3.92. The number of anilines is 1. The SMILES string of the molecule is Cc1ccc(C(=O)N(CC(=O)Nc2nc(-c3ccc(Cl)cc3)cn2-c2cccc(C)c2)Cc2ccco2)cc1. The number of hydrogen-bond donors (Lipinski definition) is 1. The first-order valence-electron chi connectivity index (χ1n) is 12.5. The van der Waals surface area contributed by atoms with Gasteiger partial charge in [-0.05, 0) is 67.9 Å². The van der Waals surface area contributed by atoms with Crippen LogP contribution in [0.2, 0.25) is 5.02 Å². The molecule has 39 heavy (non-hydrogen) atoms. The number of benzene rings is 3. The zero-order chi connectivity index (χ0) is 27.4. The molecule has 3 aromatic carbocycles. The quantitative estimate of drug-likeness (QED) is 0.239. The van der Waals surface area contributed by atoms with Gasteiger partial charge in [0.05, 0.1) is 18.5 Å². The molecular formula is C31H27ClN4O3. The van der Waals surface area contributed by atoms with Crippen molar-refractivity contribution in [2.45, 2.75) is 20.4 Å². The summed E-state index contributed by atoms with van der Waals surface area (Å²) in [6, 6.07) is 26.0. The second kappa shape index (κ2) is 11.4. The first kappa shape index (κ1) is 26.0. The third-order valence-electron chi connectivity index (χ3n) is 6.22. The third-order valence-corrected chi connectivity index (χ3v) is 6.48. The first-order chi connectivity index (χ1) is 18.9. The van der Waals surface area contributed by atoms with E-state index >= 15 is 0 Å². The van der Waals surface area contributed by atoms with Crippen LogP contribution in [0.3, 0.4) is 0 Å². The smallest absolute Gasteiger partial charge is 0.254 e. The lowest BCUT2D eigenvalue weighted by Gasteiger charge is -2.21. The van der Waals surface area contributed by atoms with Gasteiger partial charge in [-0.25, -0.2) is 4.98 Å². The number of carbonyl (C=O) groups is 2. The number of nitrogens with one attached hydrogen (secondary N) is 1. The molecule has 7 nitrogen and oxygen atoms in total. The molecule has 1 N–H and O–H groups in total. The number of carbonyl (C=O) groups excluding carboxylic acids is 2. The van der Waals surface area contributed by atoms with Crippen LogP contribution in [0.15, 0.2) is 102 Å². The number of aromatic nitrogens is 2. The minimum absolute atomic E-state index is 0.148. The van der Waals surface area contributed by atoms with Crippen molar-refractivity contribution in [3.05, 3.63) is 125 Å². The highest BCUT2D eigenvalue weighted by Gasteiger charge is 2.22. The molecule has 2 heterocycles. The largest absolute Gasteiger partial charge is 0.467 e. The molecule has 0 atom stereocenters. The van der Waals surface area contributed by atoms with E-state index in [2.05, 4.69) is 5.32 Å². The molecule has 8 heteroatoms. The number of amides is 2. The number of rotatable bonds is 8. The van der Waals surface area contributed by atoms with Gasteiger partial charge in [0.2, 0.25) is 11.9 Å². The Hall–Kier alpha value is -4.62. The highest BCUT2D eigenvalue weighted by atomic mass is 35.5. The maximum Gasteiger partial charge on any atom is 0.254 e. The van der Waals surface area contributed by atoms with Gasteiger partial charge in [-0.1, -0.05) is 53.6 Å². The summed E-state index contributed by atoms with van der Waals surface area (Å²) < 4.78 is 7.29. The van der Waals surface area contributed by atoms with E-state index in [0.717, 1.165) is 22.4 Å². The van der Waals surface area contributed by atoms with Gasteiger partial charge in [0.25, 0.3) is 5.91 Å². The van der Waals surface area contributed by atoms with Crippen LogP contribution in [0.4, 0.5) is 5.95 Å². The van der Waals surface area contributed by atoms with Crippen molar-refractivity contribution >= 4 is 29.4 Å². The Morgan fingerprint density at radius 3 is 2.41 bits per heavy atom. The Bertz CT molecular complexity index is 1590. The van der Waals surface area contributed by atoms with E-state index in [4.69, 9.17) is 21.0 Å². The lowest BCUT2D eigenvalue weighted by molar-refractivity contribution is -0.117. The monoisotopic (exact) mass is 538 g/mol. The second-order valence-electron chi connectivity index (χ2n) is 9.32. The average Bonchev–Trinajstić information content (AvgIpc) is 3.59. The molecule has 5 aromatic rings. The average molecular weight is 539 g/mol. The number of furan rings is 1. The van der Waals surface area contributed by atoms with E-state index in [1.165, 1.54) is 4.90 Å². The molecule has 0 unspecified atom stereocenters. The van der Waals surface area contributed by atoms with Gasteiger partial charge in [-0.2, -0.15) is 0 Å². The van der Waals surface area contributed by atoms with Crippen LogP contribution in [0.5, 0.6) is 0 Å². The molecule has 0 bridgehead atoms. The molecule has 0 aliphatic heterocycles. The van der Waals surface area contributed by atoms with Crippen molar-refractivity contribution in [3.8, 4) is 16.9 Å². The molecule has 0 spiro atoms. The third kappa shape index (κ3) is 6.27. The summed E-state index contributed by atoms with van der Waals surface area (Å²) in [5.74, 6) is 0.264. The summed E-state index contributed by atoms with van der Waals surface area (Å²) in [5.41, 5.74) is 4.98. The highest BCUT2D eigenvalue weighted by molar-refractivity contribution is 6.30. The van der Waals surface area contributed by atoms with Gasteiger partial charge in [-0.3, -0.25) is 19.5 Å². The van der Waals surface area contributed by atoms with E-state index in [1.54, 1.807) is 42.7 Å². The van der Waals surface area contributed by atoms with Crippen LogP contribution < -0.4 is 5.32 Å². The van der Waals surface area contributed by atoms with Crippen molar-refractivity contribution in [1.29, 1.82) is 0 Å².